The van der Waals surface area contributed by atoms with Crippen molar-refractivity contribution in [3.63, 3.8) is 0 Å². The van der Waals surface area contributed by atoms with Gasteiger partial charge in [0.1, 0.15) is 16.8 Å². The minimum atomic E-state index is -0.849. The van der Waals surface area contributed by atoms with Crippen LogP contribution in [0.5, 0.6) is 0 Å². The molecule has 3 aromatic carbocycles. The fourth-order valence-electron chi connectivity index (χ4n) is 3.18. The van der Waals surface area contributed by atoms with Gasteiger partial charge in [-0.2, -0.15) is 0 Å². The van der Waals surface area contributed by atoms with Gasteiger partial charge in [-0.1, -0.05) is 24.3 Å². The van der Waals surface area contributed by atoms with E-state index in [2.05, 4.69) is 29.6 Å². The second-order valence-corrected chi connectivity index (χ2v) is 8.97. The smallest absolute Gasteiger partial charge is 0.338 e. The third kappa shape index (κ3) is 3.56. The molecule has 0 radical (unpaired) electrons. The number of halogens is 1. The van der Waals surface area contributed by atoms with Gasteiger partial charge in [0.05, 0.1) is 5.56 Å². The molecule has 4 heteroatoms. The fraction of sp³-hybridized carbons (Fsp3) is 0.125. The largest absolute Gasteiger partial charge is 0.451 e. The van der Waals surface area contributed by atoms with Gasteiger partial charge in [0.25, 0.3) is 0 Å². The lowest BCUT2D eigenvalue weighted by atomic mass is 9.98. The zero-order valence-corrected chi connectivity index (χ0v) is 16.5. The number of carbonyl (C=O) groups excluding carboxylic acids is 1. The van der Waals surface area contributed by atoms with Crippen molar-refractivity contribution in [2.45, 2.75) is 19.4 Å². The van der Waals surface area contributed by atoms with Crippen LogP contribution in [0.3, 0.4) is 0 Å². The summed E-state index contributed by atoms with van der Waals surface area (Å²) in [5.74, 6) is -0.712. The number of benzene rings is 3. The molecule has 0 spiro atoms. The Morgan fingerprint density at radius 2 is 1.57 bits per heavy atom. The average molecular weight is 391 g/mol. The molecule has 1 aromatic heterocycles. The Labute approximate surface area is 166 Å². The average Bonchev–Trinajstić information content (AvgIpc) is 3.12. The molecule has 0 fully saturated rings. The Balaban J connectivity index is 1.55. The van der Waals surface area contributed by atoms with Crippen LogP contribution in [0.2, 0.25) is 0 Å². The normalized spacial score (nSPS) is 12.2. The summed E-state index contributed by atoms with van der Waals surface area (Å²) in [7, 11) is -0.106. The molecule has 4 aromatic rings. The molecule has 0 bridgehead atoms. The van der Waals surface area contributed by atoms with E-state index in [4.69, 9.17) is 4.74 Å². The van der Waals surface area contributed by atoms with Crippen LogP contribution in [0.4, 0.5) is 4.39 Å². The lowest BCUT2D eigenvalue weighted by Crippen LogP contribution is -2.25. The lowest BCUT2D eigenvalue weighted by Gasteiger charge is -2.25. The highest BCUT2D eigenvalue weighted by molar-refractivity contribution is 7.43. The Morgan fingerprint density at radius 3 is 2.29 bits per heavy atom. The van der Waals surface area contributed by atoms with E-state index in [1.165, 1.54) is 22.2 Å². The first kappa shape index (κ1) is 18.4. The Bertz CT molecular complexity index is 1130. The van der Waals surface area contributed by atoms with Gasteiger partial charge in [-0.05, 0) is 67.9 Å². The van der Waals surface area contributed by atoms with Gasteiger partial charge >= 0.3 is 5.97 Å². The van der Waals surface area contributed by atoms with E-state index in [0.717, 1.165) is 10.5 Å². The SMILES string of the molecule is CC(C)(OC(=O)c1ccc(-[s+]2ccc3ccccc32)cc1)c1ccc(F)cc1. The number of ether oxygens (including phenoxy) is 1. The summed E-state index contributed by atoms with van der Waals surface area (Å²) in [6.07, 6.45) is 0. The minimum absolute atomic E-state index is 0.106. The number of thiophene rings is 1. The third-order valence-corrected chi connectivity index (χ3v) is 6.80. The van der Waals surface area contributed by atoms with Gasteiger partial charge in [-0.3, -0.25) is 0 Å². The van der Waals surface area contributed by atoms with Crippen LogP contribution in [-0.2, 0) is 10.3 Å². The molecule has 0 amide bonds. The fourth-order valence-corrected chi connectivity index (χ4v) is 5.06. The van der Waals surface area contributed by atoms with Crippen molar-refractivity contribution in [2.75, 3.05) is 0 Å². The second-order valence-electron chi connectivity index (χ2n) is 7.11. The first-order valence-electron chi connectivity index (χ1n) is 9.04. The molecule has 0 aliphatic carbocycles. The maximum Gasteiger partial charge on any atom is 0.338 e. The predicted octanol–water partition coefficient (Wildman–Crippen LogP) is 6.81. The molecule has 0 saturated heterocycles. The molecule has 0 saturated carbocycles. The van der Waals surface area contributed by atoms with Gasteiger partial charge in [0.2, 0.25) is 0 Å². The second kappa shape index (κ2) is 7.21. The third-order valence-electron chi connectivity index (χ3n) is 4.77. The molecule has 0 N–H and O–H groups in total. The summed E-state index contributed by atoms with van der Waals surface area (Å²) in [4.78, 5) is 13.8. The summed E-state index contributed by atoms with van der Waals surface area (Å²) >= 11 is 0. The highest BCUT2D eigenvalue weighted by Crippen LogP contribution is 2.39. The highest BCUT2D eigenvalue weighted by atomic mass is 32.2. The maximum atomic E-state index is 13.1. The van der Waals surface area contributed by atoms with Crippen LogP contribution in [0, 0.1) is 5.82 Å². The topological polar surface area (TPSA) is 26.3 Å². The van der Waals surface area contributed by atoms with E-state index in [1.807, 2.05) is 18.2 Å². The van der Waals surface area contributed by atoms with Crippen molar-refractivity contribution in [3.05, 3.63) is 101 Å². The molecule has 2 nitrogen and oxygen atoms in total. The first-order valence-corrected chi connectivity index (χ1v) is 10.3. The maximum absolute atomic E-state index is 13.1. The van der Waals surface area contributed by atoms with Crippen LogP contribution >= 0.6 is 10.5 Å². The first-order chi connectivity index (χ1) is 13.4. The minimum Gasteiger partial charge on any atom is -0.451 e. The molecule has 1 heterocycles. The molecule has 0 aliphatic rings. The number of fused-ring (bicyclic) bond motifs is 1. The van der Waals surface area contributed by atoms with Crippen molar-refractivity contribution in [2.24, 2.45) is 0 Å². The molecule has 0 aliphatic heterocycles. The zero-order chi connectivity index (χ0) is 19.7. The summed E-state index contributed by atoms with van der Waals surface area (Å²) in [6.45, 7) is 3.60. The van der Waals surface area contributed by atoms with E-state index in [9.17, 15) is 9.18 Å². The quantitative estimate of drug-likeness (QED) is 0.282. The summed E-state index contributed by atoms with van der Waals surface area (Å²) < 4.78 is 20.1. The van der Waals surface area contributed by atoms with Crippen LogP contribution < -0.4 is 0 Å². The van der Waals surface area contributed by atoms with E-state index < -0.39 is 11.6 Å². The number of rotatable bonds is 4. The van der Waals surface area contributed by atoms with Crippen molar-refractivity contribution >= 4 is 26.5 Å². The molecule has 140 valence electrons. The molecule has 1 unspecified atom stereocenters. The van der Waals surface area contributed by atoms with Crippen molar-refractivity contribution in [1.82, 2.24) is 0 Å². The van der Waals surface area contributed by atoms with Gasteiger partial charge in [-0.15, -0.1) is 0 Å². The number of esters is 1. The summed E-state index contributed by atoms with van der Waals surface area (Å²) in [5, 5.41) is 3.45. The van der Waals surface area contributed by atoms with Crippen LogP contribution in [0.15, 0.2) is 84.2 Å². The van der Waals surface area contributed by atoms with E-state index in [-0.39, 0.29) is 16.3 Å². The van der Waals surface area contributed by atoms with E-state index >= 15 is 0 Å². The molecular formula is C24H20FO2S+. The Hall–Kier alpha value is -2.98. The van der Waals surface area contributed by atoms with Gasteiger partial charge in [-0.25, -0.2) is 9.18 Å². The molecule has 1 atom stereocenters. The van der Waals surface area contributed by atoms with Gasteiger partial charge < -0.3 is 4.74 Å². The summed E-state index contributed by atoms with van der Waals surface area (Å²) in [5.41, 5.74) is 0.394. The van der Waals surface area contributed by atoms with Crippen LogP contribution in [0.25, 0.3) is 15.0 Å². The van der Waals surface area contributed by atoms with Crippen LogP contribution in [-0.4, -0.2) is 5.97 Å². The molecule has 4 rings (SSSR count). The predicted molar refractivity (Wildman–Crippen MR) is 113 cm³/mol. The standard InChI is InChI=1S/C24H20FO2S/c1-24(2,19-9-11-20(25)12-10-19)27-23(26)18-7-13-21(14-8-18)28-16-15-17-5-3-4-6-22(17)28/h3-16H,1-2H3/q+1. The zero-order valence-electron chi connectivity index (χ0n) is 15.7. The van der Waals surface area contributed by atoms with Crippen molar-refractivity contribution in [1.29, 1.82) is 0 Å². The molecule has 28 heavy (non-hydrogen) atoms. The summed E-state index contributed by atoms with van der Waals surface area (Å²) in [6, 6.07) is 24.1. The number of hydrogen-bond acceptors (Lipinski definition) is 2. The highest BCUT2D eigenvalue weighted by Gasteiger charge is 2.26. The molecular weight excluding hydrogens is 371 g/mol. The van der Waals surface area contributed by atoms with Crippen molar-refractivity contribution in [3.8, 4) is 4.90 Å². The Morgan fingerprint density at radius 1 is 0.893 bits per heavy atom. The van der Waals surface area contributed by atoms with Crippen molar-refractivity contribution < 1.29 is 13.9 Å². The van der Waals surface area contributed by atoms with Crippen LogP contribution in [0.1, 0.15) is 29.8 Å². The monoisotopic (exact) mass is 391 g/mol. The lowest BCUT2D eigenvalue weighted by molar-refractivity contribution is -0.00314. The van der Waals surface area contributed by atoms with E-state index in [1.54, 1.807) is 38.1 Å². The Kier molecular flexibility index (Phi) is 4.73. The van der Waals surface area contributed by atoms with E-state index in [0.29, 0.717) is 5.56 Å². The van der Waals surface area contributed by atoms with Gasteiger partial charge in [0.15, 0.2) is 9.60 Å². The number of carbonyl (C=O) groups is 1. The number of hydrogen-bond donors (Lipinski definition) is 0. The van der Waals surface area contributed by atoms with Gasteiger partial charge in [0, 0.05) is 21.9 Å².